The van der Waals surface area contributed by atoms with E-state index in [9.17, 15) is 0 Å². The Labute approximate surface area is 117 Å². The summed E-state index contributed by atoms with van der Waals surface area (Å²) >= 11 is 3.61. The number of thioether (sulfide) groups is 1. The van der Waals surface area contributed by atoms with Crippen LogP contribution in [0.25, 0.3) is 0 Å². The van der Waals surface area contributed by atoms with Crippen LogP contribution in [0.15, 0.2) is 46.0 Å². The van der Waals surface area contributed by atoms with Gasteiger partial charge in [0, 0.05) is 10.9 Å². The lowest BCUT2D eigenvalue weighted by molar-refractivity contribution is 0.635. The maximum Gasteiger partial charge on any atom is 0.0503 e. The zero-order chi connectivity index (χ0) is 13.0. The van der Waals surface area contributed by atoms with Gasteiger partial charge in [0.05, 0.1) is 5.25 Å². The second-order valence-corrected chi connectivity index (χ2v) is 6.48. The van der Waals surface area contributed by atoms with Crippen LogP contribution in [0, 0.1) is 6.92 Å². The minimum atomic E-state index is 0.200. The highest BCUT2D eigenvalue weighted by Gasteiger charge is 2.20. The molecule has 2 unspecified atom stereocenters. The molecule has 2 N–H and O–H groups in total. The molecular weight excluding hydrogens is 258 g/mol. The summed E-state index contributed by atoms with van der Waals surface area (Å²) in [7, 11) is 0. The maximum atomic E-state index is 6.27. The van der Waals surface area contributed by atoms with Crippen LogP contribution in [0.1, 0.15) is 29.7 Å². The Morgan fingerprint density at radius 2 is 1.94 bits per heavy atom. The van der Waals surface area contributed by atoms with Crippen LogP contribution in [0.2, 0.25) is 0 Å². The third kappa shape index (κ3) is 3.37. The fraction of sp³-hybridized carbons (Fsp3) is 0.333. The van der Waals surface area contributed by atoms with E-state index in [-0.39, 0.29) is 6.04 Å². The summed E-state index contributed by atoms with van der Waals surface area (Å²) in [6, 6.07) is 11.1. The van der Waals surface area contributed by atoms with E-state index in [4.69, 9.17) is 5.73 Å². The van der Waals surface area contributed by atoms with E-state index in [0.717, 1.165) is 6.42 Å². The molecule has 0 aliphatic heterocycles. The van der Waals surface area contributed by atoms with Gasteiger partial charge in [-0.25, -0.2) is 0 Å². The quantitative estimate of drug-likeness (QED) is 0.807. The average Bonchev–Trinajstić information content (AvgIpc) is 2.91. The predicted molar refractivity (Wildman–Crippen MR) is 82.4 cm³/mol. The molecule has 2 rings (SSSR count). The van der Waals surface area contributed by atoms with Gasteiger partial charge >= 0.3 is 0 Å². The van der Waals surface area contributed by atoms with E-state index in [2.05, 4.69) is 54.9 Å². The molecule has 0 aliphatic carbocycles. The first-order valence-electron chi connectivity index (χ1n) is 6.21. The van der Waals surface area contributed by atoms with Crippen LogP contribution in [-0.2, 0) is 0 Å². The highest BCUT2D eigenvalue weighted by Crippen LogP contribution is 2.38. The summed E-state index contributed by atoms with van der Waals surface area (Å²) in [4.78, 5) is 1.29. The van der Waals surface area contributed by atoms with Crippen molar-refractivity contribution in [2.24, 2.45) is 5.73 Å². The molecule has 1 aromatic carbocycles. The zero-order valence-electron chi connectivity index (χ0n) is 10.8. The van der Waals surface area contributed by atoms with Crippen LogP contribution in [0.3, 0.4) is 0 Å². The Balaban J connectivity index is 2.17. The molecular formula is C15H19NS2. The number of rotatable bonds is 5. The van der Waals surface area contributed by atoms with Gasteiger partial charge in [-0.05, 0) is 47.9 Å². The molecule has 1 nitrogen and oxygen atoms in total. The molecule has 0 fully saturated rings. The molecule has 0 saturated carbocycles. The van der Waals surface area contributed by atoms with Crippen molar-refractivity contribution in [2.75, 3.05) is 0 Å². The van der Waals surface area contributed by atoms with Gasteiger partial charge in [0.25, 0.3) is 0 Å². The lowest BCUT2D eigenvalue weighted by atomic mass is 10.1. The van der Waals surface area contributed by atoms with Crippen molar-refractivity contribution < 1.29 is 0 Å². The molecule has 0 bridgehead atoms. The van der Waals surface area contributed by atoms with E-state index in [1.807, 2.05) is 11.8 Å². The second kappa shape index (κ2) is 6.41. The SMILES string of the molecule is CCC(N)C(Sc1ccc(C)cc1)c1ccsc1. The minimum Gasteiger partial charge on any atom is -0.326 e. The smallest absolute Gasteiger partial charge is 0.0503 e. The Hall–Kier alpha value is -0.770. The van der Waals surface area contributed by atoms with Gasteiger partial charge in [-0.3, -0.25) is 0 Å². The zero-order valence-corrected chi connectivity index (χ0v) is 12.4. The van der Waals surface area contributed by atoms with Gasteiger partial charge in [0.1, 0.15) is 0 Å². The fourth-order valence-electron chi connectivity index (χ4n) is 1.82. The Kier molecular flexibility index (Phi) is 4.87. The van der Waals surface area contributed by atoms with Crippen molar-refractivity contribution in [1.29, 1.82) is 0 Å². The van der Waals surface area contributed by atoms with E-state index < -0.39 is 0 Å². The first-order valence-corrected chi connectivity index (χ1v) is 8.04. The Morgan fingerprint density at radius 1 is 1.22 bits per heavy atom. The summed E-state index contributed by atoms with van der Waals surface area (Å²) in [5.74, 6) is 0. The van der Waals surface area contributed by atoms with Crippen molar-refractivity contribution in [2.45, 2.75) is 36.5 Å². The third-order valence-corrected chi connectivity index (χ3v) is 5.14. The maximum absolute atomic E-state index is 6.27. The lowest BCUT2D eigenvalue weighted by Gasteiger charge is -2.21. The Morgan fingerprint density at radius 3 is 2.50 bits per heavy atom. The van der Waals surface area contributed by atoms with E-state index in [1.165, 1.54) is 16.0 Å². The Bertz CT molecular complexity index is 462. The molecule has 1 aromatic heterocycles. The third-order valence-electron chi connectivity index (χ3n) is 3.02. The molecule has 0 aliphatic rings. The minimum absolute atomic E-state index is 0.200. The number of hydrogen-bond donors (Lipinski definition) is 1. The van der Waals surface area contributed by atoms with Crippen LogP contribution in [0.4, 0.5) is 0 Å². The number of thiophene rings is 1. The van der Waals surface area contributed by atoms with Crippen molar-refractivity contribution in [3.63, 3.8) is 0 Å². The number of nitrogens with two attached hydrogens (primary N) is 1. The van der Waals surface area contributed by atoms with Crippen LogP contribution < -0.4 is 5.73 Å². The van der Waals surface area contributed by atoms with Gasteiger partial charge in [0.15, 0.2) is 0 Å². The number of aryl methyl sites for hydroxylation is 1. The topological polar surface area (TPSA) is 26.0 Å². The van der Waals surface area contributed by atoms with E-state index >= 15 is 0 Å². The summed E-state index contributed by atoms with van der Waals surface area (Å²) < 4.78 is 0. The summed E-state index contributed by atoms with van der Waals surface area (Å²) in [6.45, 7) is 4.27. The molecule has 2 aromatic rings. The molecule has 96 valence electrons. The van der Waals surface area contributed by atoms with Crippen molar-refractivity contribution in [3.8, 4) is 0 Å². The molecule has 0 spiro atoms. The highest BCUT2D eigenvalue weighted by molar-refractivity contribution is 7.99. The first-order chi connectivity index (χ1) is 8.70. The van der Waals surface area contributed by atoms with E-state index in [0.29, 0.717) is 5.25 Å². The number of hydrogen-bond acceptors (Lipinski definition) is 3. The summed E-state index contributed by atoms with van der Waals surface area (Å²) in [6.07, 6.45) is 0.999. The van der Waals surface area contributed by atoms with Gasteiger partial charge in [0.2, 0.25) is 0 Å². The van der Waals surface area contributed by atoms with Crippen LogP contribution >= 0.6 is 23.1 Å². The normalized spacial score (nSPS) is 14.4. The van der Waals surface area contributed by atoms with Gasteiger partial charge in [-0.2, -0.15) is 11.3 Å². The largest absolute Gasteiger partial charge is 0.326 e. The summed E-state index contributed by atoms with van der Waals surface area (Å²) in [5.41, 5.74) is 8.91. The van der Waals surface area contributed by atoms with Crippen molar-refractivity contribution in [3.05, 3.63) is 52.2 Å². The lowest BCUT2D eigenvalue weighted by Crippen LogP contribution is -2.25. The summed E-state index contributed by atoms with van der Waals surface area (Å²) in [5, 5.41) is 4.69. The molecule has 0 saturated heterocycles. The van der Waals surface area contributed by atoms with Gasteiger partial charge < -0.3 is 5.73 Å². The molecule has 1 heterocycles. The number of benzene rings is 1. The average molecular weight is 277 g/mol. The van der Waals surface area contributed by atoms with Gasteiger partial charge in [-0.1, -0.05) is 24.6 Å². The molecule has 2 atom stereocenters. The van der Waals surface area contributed by atoms with Crippen molar-refractivity contribution >= 4 is 23.1 Å². The predicted octanol–water partition coefficient (Wildman–Crippen LogP) is 4.63. The molecule has 0 radical (unpaired) electrons. The van der Waals surface area contributed by atoms with Crippen molar-refractivity contribution in [1.82, 2.24) is 0 Å². The monoisotopic (exact) mass is 277 g/mol. The highest BCUT2D eigenvalue weighted by atomic mass is 32.2. The molecule has 0 amide bonds. The first kappa shape index (κ1) is 13.7. The standard InChI is InChI=1S/C15H19NS2/c1-3-14(16)15(12-8-9-17-10-12)18-13-6-4-11(2)5-7-13/h4-10,14-15H,3,16H2,1-2H3. The second-order valence-electron chi connectivity index (χ2n) is 4.48. The molecule has 3 heteroatoms. The fourth-order valence-corrected chi connectivity index (χ4v) is 3.84. The molecule has 18 heavy (non-hydrogen) atoms. The van der Waals surface area contributed by atoms with Crippen LogP contribution in [-0.4, -0.2) is 6.04 Å². The van der Waals surface area contributed by atoms with Crippen LogP contribution in [0.5, 0.6) is 0 Å². The van der Waals surface area contributed by atoms with E-state index in [1.54, 1.807) is 11.3 Å². The van der Waals surface area contributed by atoms with Gasteiger partial charge in [-0.15, -0.1) is 11.8 Å².